The Balaban J connectivity index is 2.50. The third-order valence-corrected chi connectivity index (χ3v) is 3.48. The van der Waals surface area contributed by atoms with Crippen LogP contribution in [0.25, 0.3) is 0 Å². The standard InChI is InChI=1S/C16H18ClFN2O/c1-3-8-19-15(16-13(17)5-4-9-20-16)12-10-11(18)6-7-14(12)21-2/h4-7,9-10,15,19H,3,8H2,1-2H3. The molecule has 2 rings (SSSR count). The maximum atomic E-state index is 13.6. The second-order valence-electron chi connectivity index (χ2n) is 4.64. The fraction of sp³-hybridized carbons (Fsp3) is 0.312. The molecular weight excluding hydrogens is 291 g/mol. The molecule has 1 unspecified atom stereocenters. The van der Waals surface area contributed by atoms with Crippen LogP contribution in [0.1, 0.15) is 30.6 Å². The number of pyridine rings is 1. The number of methoxy groups -OCH3 is 1. The zero-order valence-corrected chi connectivity index (χ0v) is 12.8. The average Bonchev–Trinajstić information content (AvgIpc) is 2.49. The van der Waals surface area contributed by atoms with Gasteiger partial charge in [-0.15, -0.1) is 0 Å². The summed E-state index contributed by atoms with van der Waals surface area (Å²) in [7, 11) is 1.56. The van der Waals surface area contributed by atoms with Gasteiger partial charge in [-0.1, -0.05) is 18.5 Å². The Morgan fingerprint density at radius 3 is 2.86 bits per heavy atom. The minimum absolute atomic E-state index is 0.315. The zero-order valence-electron chi connectivity index (χ0n) is 12.1. The fourth-order valence-electron chi connectivity index (χ4n) is 2.18. The molecular formula is C16H18ClFN2O. The normalized spacial score (nSPS) is 12.2. The van der Waals surface area contributed by atoms with Crippen LogP contribution >= 0.6 is 11.6 Å². The quantitative estimate of drug-likeness (QED) is 0.876. The van der Waals surface area contributed by atoms with Crippen molar-refractivity contribution in [2.45, 2.75) is 19.4 Å². The van der Waals surface area contributed by atoms with E-state index in [1.165, 1.54) is 12.1 Å². The molecule has 112 valence electrons. The van der Waals surface area contributed by atoms with Gasteiger partial charge in [0.25, 0.3) is 0 Å². The molecule has 0 fully saturated rings. The summed E-state index contributed by atoms with van der Waals surface area (Å²) in [6, 6.07) is 7.67. The van der Waals surface area contributed by atoms with Crippen molar-refractivity contribution < 1.29 is 9.13 Å². The highest BCUT2D eigenvalue weighted by atomic mass is 35.5. The molecule has 1 aromatic carbocycles. The Kier molecular flexibility index (Phi) is 5.53. The molecule has 1 heterocycles. The lowest BCUT2D eigenvalue weighted by Crippen LogP contribution is -2.25. The molecule has 0 saturated carbocycles. The highest BCUT2D eigenvalue weighted by Gasteiger charge is 2.21. The van der Waals surface area contributed by atoms with Gasteiger partial charge in [0.15, 0.2) is 0 Å². The van der Waals surface area contributed by atoms with Gasteiger partial charge in [-0.2, -0.15) is 0 Å². The first-order valence-electron chi connectivity index (χ1n) is 6.84. The summed E-state index contributed by atoms with van der Waals surface area (Å²) >= 11 is 6.25. The smallest absolute Gasteiger partial charge is 0.124 e. The number of nitrogens with one attached hydrogen (secondary N) is 1. The van der Waals surface area contributed by atoms with Gasteiger partial charge in [0.05, 0.1) is 23.9 Å². The molecule has 0 aliphatic heterocycles. The number of rotatable bonds is 6. The first kappa shape index (κ1) is 15.7. The molecule has 1 N–H and O–H groups in total. The molecule has 1 atom stereocenters. The first-order chi connectivity index (χ1) is 10.2. The molecule has 0 amide bonds. The molecule has 0 bridgehead atoms. The second kappa shape index (κ2) is 7.38. The summed E-state index contributed by atoms with van der Waals surface area (Å²) < 4.78 is 19.0. The van der Waals surface area contributed by atoms with E-state index < -0.39 is 0 Å². The molecule has 2 aromatic rings. The van der Waals surface area contributed by atoms with Crippen molar-refractivity contribution in [3.05, 3.63) is 58.6 Å². The van der Waals surface area contributed by atoms with Crippen molar-refractivity contribution in [1.82, 2.24) is 10.3 Å². The Labute approximate surface area is 129 Å². The van der Waals surface area contributed by atoms with Crippen molar-refractivity contribution in [3.8, 4) is 5.75 Å². The average molecular weight is 309 g/mol. The molecule has 1 aromatic heterocycles. The van der Waals surface area contributed by atoms with E-state index in [-0.39, 0.29) is 11.9 Å². The predicted octanol–water partition coefficient (Wildman–Crippen LogP) is 3.97. The van der Waals surface area contributed by atoms with Crippen LogP contribution in [0.2, 0.25) is 5.02 Å². The minimum Gasteiger partial charge on any atom is -0.496 e. The Bertz CT molecular complexity index is 607. The largest absolute Gasteiger partial charge is 0.496 e. The number of hydrogen-bond acceptors (Lipinski definition) is 3. The summed E-state index contributed by atoms with van der Waals surface area (Å²) in [5.74, 6) is 0.285. The van der Waals surface area contributed by atoms with Crippen LogP contribution in [0.4, 0.5) is 4.39 Å². The van der Waals surface area contributed by atoms with Crippen LogP contribution in [0.5, 0.6) is 5.75 Å². The van der Waals surface area contributed by atoms with Crippen LogP contribution in [0.15, 0.2) is 36.5 Å². The Morgan fingerprint density at radius 1 is 1.38 bits per heavy atom. The predicted molar refractivity (Wildman–Crippen MR) is 82.3 cm³/mol. The summed E-state index contributed by atoms with van der Waals surface area (Å²) in [4.78, 5) is 4.34. The van der Waals surface area contributed by atoms with E-state index >= 15 is 0 Å². The van der Waals surface area contributed by atoms with E-state index in [4.69, 9.17) is 16.3 Å². The topological polar surface area (TPSA) is 34.1 Å². The van der Waals surface area contributed by atoms with Crippen LogP contribution in [-0.2, 0) is 0 Å². The number of aromatic nitrogens is 1. The van der Waals surface area contributed by atoms with Gasteiger partial charge >= 0.3 is 0 Å². The molecule has 21 heavy (non-hydrogen) atoms. The Hall–Kier alpha value is -1.65. The number of ether oxygens (including phenoxy) is 1. The lowest BCUT2D eigenvalue weighted by atomic mass is 10.0. The number of benzene rings is 1. The molecule has 0 saturated heterocycles. The van der Waals surface area contributed by atoms with E-state index in [0.717, 1.165) is 13.0 Å². The van der Waals surface area contributed by atoms with E-state index in [1.807, 2.05) is 0 Å². The lowest BCUT2D eigenvalue weighted by molar-refractivity contribution is 0.401. The highest BCUT2D eigenvalue weighted by molar-refractivity contribution is 6.31. The maximum Gasteiger partial charge on any atom is 0.124 e. The third-order valence-electron chi connectivity index (χ3n) is 3.16. The van der Waals surface area contributed by atoms with Gasteiger partial charge in [0, 0.05) is 11.8 Å². The summed E-state index contributed by atoms with van der Waals surface area (Å²) in [5, 5.41) is 3.89. The first-order valence-corrected chi connectivity index (χ1v) is 7.22. The summed E-state index contributed by atoms with van der Waals surface area (Å²) in [5.41, 5.74) is 1.35. The van der Waals surface area contributed by atoms with Crippen molar-refractivity contribution in [2.24, 2.45) is 0 Å². The molecule has 0 radical (unpaired) electrons. The SMILES string of the molecule is CCCNC(c1cc(F)ccc1OC)c1ncccc1Cl. The number of hydrogen-bond donors (Lipinski definition) is 1. The minimum atomic E-state index is -0.318. The molecule has 3 nitrogen and oxygen atoms in total. The van der Waals surface area contributed by atoms with E-state index in [0.29, 0.717) is 22.0 Å². The highest BCUT2D eigenvalue weighted by Crippen LogP contribution is 2.32. The summed E-state index contributed by atoms with van der Waals surface area (Å²) in [6.07, 6.45) is 2.62. The van der Waals surface area contributed by atoms with Gasteiger partial charge in [0.1, 0.15) is 11.6 Å². The van der Waals surface area contributed by atoms with Crippen LogP contribution in [0.3, 0.4) is 0 Å². The van der Waals surface area contributed by atoms with Crippen molar-refractivity contribution in [3.63, 3.8) is 0 Å². The van der Waals surface area contributed by atoms with Crippen LogP contribution in [-0.4, -0.2) is 18.6 Å². The van der Waals surface area contributed by atoms with Gasteiger partial charge in [-0.05, 0) is 43.3 Å². The van der Waals surface area contributed by atoms with E-state index in [9.17, 15) is 4.39 Å². The van der Waals surface area contributed by atoms with Crippen molar-refractivity contribution in [1.29, 1.82) is 0 Å². The number of halogens is 2. The van der Waals surface area contributed by atoms with Gasteiger partial charge in [-0.3, -0.25) is 4.98 Å². The zero-order chi connectivity index (χ0) is 15.2. The third kappa shape index (κ3) is 3.71. The monoisotopic (exact) mass is 308 g/mol. The second-order valence-corrected chi connectivity index (χ2v) is 5.05. The summed E-state index contributed by atoms with van der Waals surface area (Å²) in [6.45, 7) is 2.82. The molecule has 0 aliphatic carbocycles. The van der Waals surface area contributed by atoms with Gasteiger partial charge < -0.3 is 10.1 Å². The lowest BCUT2D eigenvalue weighted by Gasteiger charge is -2.21. The van der Waals surface area contributed by atoms with Crippen molar-refractivity contribution in [2.75, 3.05) is 13.7 Å². The van der Waals surface area contributed by atoms with Gasteiger partial charge in [0.2, 0.25) is 0 Å². The van der Waals surface area contributed by atoms with E-state index in [1.54, 1.807) is 31.5 Å². The maximum absolute atomic E-state index is 13.6. The van der Waals surface area contributed by atoms with Crippen LogP contribution in [0, 0.1) is 5.82 Å². The Morgan fingerprint density at radius 2 is 2.19 bits per heavy atom. The molecule has 5 heteroatoms. The fourth-order valence-corrected chi connectivity index (χ4v) is 2.41. The molecule has 0 aliphatic rings. The molecule has 0 spiro atoms. The van der Waals surface area contributed by atoms with E-state index in [2.05, 4.69) is 17.2 Å². The number of nitrogens with zero attached hydrogens (tertiary/aromatic N) is 1. The van der Waals surface area contributed by atoms with Crippen LogP contribution < -0.4 is 10.1 Å². The van der Waals surface area contributed by atoms with Crippen molar-refractivity contribution >= 4 is 11.6 Å². The van der Waals surface area contributed by atoms with Gasteiger partial charge in [-0.25, -0.2) is 4.39 Å².